The molecule has 120 valence electrons. The molecular formula is C17H18BrN3O2. The van der Waals surface area contributed by atoms with E-state index in [1.54, 1.807) is 19.1 Å². The second-order valence-electron chi connectivity index (χ2n) is 4.89. The third-order valence-electron chi connectivity index (χ3n) is 3.05. The van der Waals surface area contributed by atoms with E-state index in [1.165, 1.54) is 0 Å². The first-order valence-corrected chi connectivity index (χ1v) is 8.05. The molecule has 0 radical (unpaired) electrons. The van der Waals surface area contributed by atoms with Gasteiger partial charge in [0.25, 0.3) is 0 Å². The third-order valence-corrected chi connectivity index (χ3v) is 3.58. The summed E-state index contributed by atoms with van der Waals surface area (Å²) in [5.41, 5.74) is 2.21. The molecule has 0 fully saturated rings. The van der Waals surface area contributed by atoms with E-state index in [0.29, 0.717) is 12.1 Å². The number of benzene rings is 2. The highest BCUT2D eigenvalue weighted by Gasteiger charge is 2.04. The van der Waals surface area contributed by atoms with Crippen LogP contribution in [-0.4, -0.2) is 18.4 Å². The Morgan fingerprint density at radius 2 is 1.57 bits per heavy atom. The number of halogens is 1. The van der Waals surface area contributed by atoms with Crippen molar-refractivity contribution in [1.82, 2.24) is 0 Å². The summed E-state index contributed by atoms with van der Waals surface area (Å²) in [7, 11) is 0. The summed E-state index contributed by atoms with van der Waals surface area (Å²) < 4.78 is 0.958. The molecule has 0 atom stereocenters. The van der Waals surface area contributed by atoms with Crippen molar-refractivity contribution in [1.29, 1.82) is 0 Å². The highest BCUT2D eigenvalue weighted by atomic mass is 79.9. The fraction of sp³-hybridized carbons (Fsp3) is 0.176. The van der Waals surface area contributed by atoms with E-state index < -0.39 is 0 Å². The van der Waals surface area contributed by atoms with Gasteiger partial charge in [-0.25, -0.2) is 0 Å². The molecule has 0 spiro atoms. The largest absolute Gasteiger partial charge is 0.376 e. The molecule has 0 saturated heterocycles. The standard InChI is InChI=1S/C17H18BrN3O2/c1-2-16(22)21-15-5-3-4-14(10-15)19-11-17(23)20-13-8-6-12(18)7-9-13/h3-10,19H,2,11H2,1H3,(H,20,23)(H,21,22). The summed E-state index contributed by atoms with van der Waals surface area (Å²) in [5, 5.41) is 8.62. The average molecular weight is 376 g/mol. The first kappa shape index (κ1) is 17.0. The van der Waals surface area contributed by atoms with Crippen LogP contribution in [0.3, 0.4) is 0 Å². The van der Waals surface area contributed by atoms with Gasteiger partial charge in [0.2, 0.25) is 11.8 Å². The second kappa shape index (κ2) is 8.33. The van der Waals surface area contributed by atoms with Crippen molar-refractivity contribution in [2.75, 3.05) is 22.5 Å². The van der Waals surface area contributed by atoms with Gasteiger partial charge in [0.05, 0.1) is 6.54 Å². The van der Waals surface area contributed by atoms with Gasteiger partial charge in [0.1, 0.15) is 0 Å². The summed E-state index contributed by atoms with van der Waals surface area (Å²) >= 11 is 3.35. The van der Waals surface area contributed by atoms with Crippen molar-refractivity contribution in [2.45, 2.75) is 13.3 Å². The maximum atomic E-state index is 11.9. The van der Waals surface area contributed by atoms with E-state index in [0.717, 1.165) is 15.8 Å². The first-order chi connectivity index (χ1) is 11.1. The zero-order chi connectivity index (χ0) is 16.7. The zero-order valence-corrected chi connectivity index (χ0v) is 14.3. The minimum atomic E-state index is -0.143. The molecule has 5 nitrogen and oxygen atoms in total. The van der Waals surface area contributed by atoms with Gasteiger partial charge in [-0.1, -0.05) is 28.9 Å². The third kappa shape index (κ3) is 5.75. The summed E-state index contributed by atoms with van der Waals surface area (Å²) in [6.45, 7) is 1.94. The van der Waals surface area contributed by atoms with Crippen molar-refractivity contribution in [2.24, 2.45) is 0 Å². The minimum absolute atomic E-state index is 0.0462. The number of rotatable bonds is 6. The average Bonchev–Trinajstić information content (AvgIpc) is 2.55. The number of carbonyl (C=O) groups is 2. The van der Waals surface area contributed by atoms with Gasteiger partial charge in [0, 0.05) is 28.0 Å². The van der Waals surface area contributed by atoms with Crippen LogP contribution < -0.4 is 16.0 Å². The minimum Gasteiger partial charge on any atom is -0.376 e. The van der Waals surface area contributed by atoms with Crippen LogP contribution in [0.15, 0.2) is 53.0 Å². The number of hydrogen-bond donors (Lipinski definition) is 3. The molecule has 0 heterocycles. The predicted octanol–water partition coefficient (Wildman–Crippen LogP) is 3.85. The van der Waals surface area contributed by atoms with Gasteiger partial charge in [-0.05, 0) is 42.5 Å². The lowest BCUT2D eigenvalue weighted by Gasteiger charge is -2.10. The lowest BCUT2D eigenvalue weighted by molar-refractivity contribution is -0.116. The molecule has 2 aromatic carbocycles. The Morgan fingerprint density at radius 1 is 0.913 bits per heavy atom. The molecule has 0 aromatic heterocycles. The molecule has 23 heavy (non-hydrogen) atoms. The fourth-order valence-electron chi connectivity index (χ4n) is 1.88. The van der Waals surface area contributed by atoms with Crippen LogP contribution in [0.1, 0.15) is 13.3 Å². The summed E-state index contributed by atoms with van der Waals surface area (Å²) in [5.74, 6) is -0.189. The maximum Gasteiger partial charge on any atom is 0.243 e. The lowest BCUT2D eigenvalue weighted by atomic mass is 10.2. The van der Waals surface area contributed by atoms with E-state index in [9.17, 15) is 9.59 Å². The Hall–Kier alpha value is -2.34. The summed E-state index contributed by atoms with van der Waals surface area (Å²) in [6, 6.07) is 14.6. The Bertz CT molecular complexity index is 686. The molecule has 2 rings (SSSR count). The van der Waals surface area contributed by atoms with Crippen LogP contribution in [0.4, 0.5) is 17.1 Å². The SMILES string of the molecule is CCC(=O)Nc1cccc(NCC(=O)Nc2ccc(Br)cc2)c1. The van der Waals surface area contributed by atoms with Crippen molar-refractivity contribution in [3.63, 3.8) is 0 Å². The monoisotopic (exact) mass is 375 g/mol. The zero-order valence-electron chi connectivity index (χ0n) is 12.7. The number of carbonyl (C=O) groups excluding carboxylic acids is 2. The number of hydrogen-bond acceptors (Lipinski definition) is 3. The molecule has 0 aliphatic rings. The van der Waals surface area contributed by atoms with Crippen LogP contribution in [0, 0.1) is 0 Å². The highest BCUT2D eigenvalue weighted by molar-refractivity contribution is 9.10. The molecule has 2 aromatic rings. The topological polar surface area (TPSA) is 70.2 Å². The van der Waals surface area contributed by atoms with E-state index in [1.807, 2.05) is 36.4 Å². The predicted molar refractivity (Wildman–Crippen MR) is 96.6 cm³/mol. The van der Waals surface area contributed by atoms with Gasteiger partial charge in [-0.15, -0.1) is 0 Å². The van der Waals surface area contributed by atoms with Crippen molar-refractivity contribution in [3.8, 4) is 0 Å². The normalized spacial score (nSPS) is 10.0. The lowest BCUT2D eigenvalue weighted by Crippen LogP contribution is -2.21. The van der Waals surface area contributed by atoms with Crippen molar-refractivity contribution in [3.05, 3.63) is 53.0 Å². The molecule has 2 amide bonds. The van der Waals surface area contributed by atoms with E-state index in [4.69, 9.17) is 0 Å². The summed E-state index contributed by atoms with van der Waals surface area (Å²) in [4.78, 5) is 23.3. The highest BCUT2D eigenvalue weighted by Crippen LogP contribution is 2.16. The van der Waals surface area contributed by atoms with Crippen molar-refractivity contribution >= 4 is 44.8 Å². The number of nitrogens with one attached hydrogen (secondary N) is 3. The molecule has 0 unspecified atom stereocenters. The van der Waals surface area contributed by atoms with E-state index in [-0.39, 0.29) is 18.4 Å². The molecule has 0 saturated carbocycles. The van der Waals surface area contributed by atoms with Gasteiger partial charge in [-0.2, -0.15) is 0 Å². The Labute approximate surface area is 143 Å². The molecule has 0 aliphatic carbocycles. The second-order valence-corrected chi connectivity index (χ2v) is 5.81. The smallest absolute Gasteiger partial charge is 0.243 e. The number of amides is 2. The van der Waals surface area contributed by atoms with Gasteiger partial charge in [0.15, 0.2) is 0 Å². The maximum absolute atomic E-state index is 11.9. The van der Waals surface area contributed by atoms with E-state index in [2.05, 4.69) is 31.9 Å². The quantitative estimate of drug-likeness (QED) is 0.717. The summed E-state index contributed by atoms with van der Waals surface area (Å²) in [6.07, 6.45) is 0.424. The van der Waals surface area contributed by atoms with Crippen LogP contribution in [0.25, 0.3) is 0 Å². The van der Waals surface area contributed by atoms with Gasteiger partial charge >= 0.3 is 0 Å². The van der Waals surface area contributed by atoms with Crippen LogP contribution in [0.5, 0.6) is 0 Å². The first-order valence-electron chi connectivity index (χ1n) is 7.26. The number of anilines is 3. The fourth-order valence-corrected chi connectivity index (χ4v) is 2.14. The molecular weight excluding hydrogens is 358 g/mol. The van der Waals surface area contributed by atoms with E-state index >= 15 is 0 Å². The van der Waals surface area contributed by atoms with Crippen LogP contribution >= 0.6 is 15.9 Å². The molecule has 0 bridgehead atoms. The Balaban J connectivity index is 1.87. The molecule has 3 N–H and O–H groups in total. The Morgan fingerprint density at radius 3 is 2.26 bits per heavy atom. The van der Waals surface area contributed by atoms with Crippen molar-refractivity contribution < 1.29 is 9.59 Å². The Kier molecular flexibility index (Phi) is 6.17. The van der Waals surface area contributed by atoms with Crippen LogP contribution in [-0.2, 0) is 9.59 Å². The van der Waals surface area contributed by atoms with Gasteiger partial charge < -0.3 is 16.0 Å². The van der Waals surface area contributed by atoms with Gasteiger partial charge in [-0.3, -0.25) is 9.59 Å². The molecule has 0 aliphatic heterocycles. The molecule has 6 heteroatoms. The van der Waals surface area contributed by atoms with Crippen LogP contribution in [0.2, 0.25) is 0 Å².